The van der Waals surface area contributed by atoms with Crippen LogP contribution in [-0.4, -0.2) is 29.4 Å². The molecule has 1 aromatic rings. The summed E-state index contributed by atoms with van der Waals surface area (Å²) in [6.07, 6.45) is 6.48. The van der Waals surface area contributed by atoms with Gasteiger partial charge in [-0.05, 0) is 31.2 Å². The number of aliphatic hydroxyl groups excluding tert-OH is 1. The van der Waals surface area contributed by atoms with Crippen molar-refractivity contribution in [2.45, 2.75) is 49.1 Å². The molecule has 1 fully saturated rings. The zero-order chi connectivity index (χ0) is 13.7. The maximum Gasteiger partial charge on any atom is 0.252 e. The van der Waals surface area contributed by atoms with Crippen LogP contribution in [0.25, 0.3) is 0 Å². The van der Waals surface area contributed by atoms with E-state index >= 15 is 0 Å². The molecule has 2 N–H and O–H groups in total. The summed E-state index contributed by atoms with van der Waals surface area (Å²) in [7, 11) is 0. The number of amides is 1. The van der Waals surface area contributed by atoms with Crippen LogP contribution in [0.4, 0.5) is 0 Å². The van der Waals surface area contributed by atoms with Crippen molar-refractivity contribution in [1.29, 1.82) is 0 Å². The Kier molecular flexibility index (Phi) is 5.28. The first-order chi connectivity index (χ1) is 9.22. The van der Waals surface area contributed by atoms with Crippen molar-refractivity contribution in [3.63, 3.8) is 0 Å². The number of aliphatic hydroxyl groups is 1. The molecule has 1 amide bonds. The first kappa shape index (κ1) is 14.4. The Morgan fingerprint density at radius 1 is 1.26 bits per heavy atom. The highest BCUT2D eigenvalue weighted by molar-refractivity contribution is 7.98. The van der Waals surface area contributed by atoms with E-state index in [4.69, 9.17) is 0 Å². The van der Waals surface area contributed by atoms with Gasteiger partial charge in [0.1, 0.15) is 0 Å². The van der Waals surface area contributed by atoms with E-state index in [1.165, 1.54) is 0 Å². The Labute approximate surface area is 118 Å². The maximum atomic E-state index is 12.3. The van der Waals surface area contributed by atoms with E-state index in [1.54, 1.807) is 11.8 Å². The number of hydrogen-bond acceptors (Lipinski definition) is 3. The highest BCUT2D eigenvalue weighted by Gasteiger charge is 2.24. The standard InChI is InChI=1S/C15H21NO2S/c1-19-14-10-6-5-7-11(14)15(18)16-12-8-3-2-4-9-13(12)17/h5-7,10,12-13,17H,2-4,8-9H2,1H3,(H,16,18). The molecule has 2 rings (SSSR count). The van der Waals surface area contributed by atoms with E-state index < -0.39 is 6.10 Å². The third-order valence-corrected chi connectivity index (χ3v) is 4.44. The lowest BCUT2D eigenvalue weighted by Crippen LogP contribution is -2.42. The van der Waals surface area contributed by atoms with Crippen LogP contribution in [0, 0.1) is 0 Å². The highest BCUT2D eigenvalue weighted by atomic mass is 32.2. The smallest absolute Gasteiger partial charge is 0.252 e. The van der Waals surface area contributed by atoms with Gasteiger partial charge in [0.05, 0.1) is 17.7 Å². The van der Waals surface area contributed by atoms with E-state index in [2.05, 4.69) is 5.32 Å². The Balaban J connectivity index is 2.07. The molecular formula is C15H21NO2S. The number of carbonyl (C=O) groups excluding carboxylic acids is 1. The lowest BCUT2D eigenvalue weighted by Gasteiger charge is -2.22. The van der Waals surface area contributed by atoms with Crippen LogP contribution >= 0.6 is 11.8 Å². The van der Waals surface area contributed by atoms with Gasteiger partial charge in [-0.3, -0.25) is 4.79 Å². The fourth-order valence-corrected chi connectivity index (χ4v) is 3.13. The molecule has 0 radical (unpaired) electrons. The van der Waals surface area contributed by atoms with Crippen LogP contribution in [-0.2, 0) is 0 Å². The van der Waals surface area contributed by atoms with Gasteiger partial charge in [-0.2, -0.15) is 0 Å². The van der Waals surface area contributed by atoms with Crippen LogP contribution in [0.15, 0.2) is 29.2 Å². The predicted molar refractivity (Wildman–Crippen MR) is 78.6 cm³/mol. The molecule has 2 atom stereocenters. The molecule has 0 bridgehead atoms. The molecule has 2 unspecified atom stereocenters. The minimum absolute atomic E-state index is 0.0732. The molecular weight excluding hydrogens is 258 g/mol. The number of benzene rings is 1. The summed E-state index contributed by atoms with van der Waals surface area (Å²) in [6, 6.07) is 7.49. The summed E-state index contributed by atoms with van der Waals surface area (Å²) in [5.74, 6) is -0.0732. The van der Waals surface area contributed by atoms with Crippen molar-refractivity contribution in [3.05, 3.63) is 29.8 Å². The Morgan fingerprint density at radius 3 is 2.79 bits per heavy atom. The number of rotatable bonds is 3. The van der Waals surface area contributed by atoms with Gasteiger partial charge in [-0.15, -0.1) is 11.8 Å². The second-order valence-electron chi connectivity index (χ2n) is 4.99. The Hall–Kier alpha value is -1.00. The zero-order valence-electron chi connectivity index (χ0n) is 11.3. The van der Waals surface area contributed by atoms with Gasteiger partial charge in [-0.25, -0.2) is 0 Å². The van der Waals surface area contributed by atoms with Crippen molar-refractivity contribution in [2.24, 2.45) is 0 Å². The average Bonchev–Trinajstić information content (AvgIpc) is 2.64. The van der Waals surface area contributed by atoms with Gasteiger partial charge in [0.15, 0.2) is 0 Å². The van der Waals surface area contributed by atoms with Crippen molar-refractivity contribution in [1.82, 2.24) is 5.32 Å². The topological polar surface area (TPSA) is 49.3 Å². The van der Waals surface area contributed by atoms with E-state index in [0.29, 0.717) is 5.56 Å². The van der Waals surface area contributed by atoms with Gasteiger partial charge < -0.3 is 10.4 Å². The molecule has 4 heteroatoms. The van der Waals surface area contributed by atoms with Crippen LogP contribution in [0.5, 0.6) is 0 Å². The van der Waals surface area contributed by atoms with Gasteiger partial charge in [0, 0.05) is 4.90 Å². The number of carbonyl (C=O) groups is 1. The third kappa shape index (κ3) is 3.74. The summed E-state index contributed by atoms with van der Waals surface area (Å²) in [4.78, 5) is 13.3. The quantitative estimate of drug-likeness (QED) is 0.661. The molecule has 0 spiro atoms. The molecule has 0 aromatic heterocycles. The second-order valence-corrected chi connectivity index (χ2v) is 5.83. The summed E-state index contributed by atoms with van der Waals surface area (Å²) >= 11 is 1.57. The van der Waals surface area contributed by atoms with Crippen LogP contribution in [0.2, 0.25) is 0 Å². The Morgan fingerprint density at radius 2 is 2.00 bits per heavy atom. The molecule has 1 aliphatic carbocycles. The van der Waals surface area contributed by atoms with Gasteiger partial charge in [0.2, 0.25) is 0 Å². The lowest BCUT2D eigenvalue weighted by atomic mass is 10.1. The van der Waals surface area contributed by atoms with E-state index in [-0.39, 0.29) is 11.9 Å². The van der Waals surface area contributed by atoms with Crippen LogP contribution < -0.4 is 5.32 Å². The van der Waals surface area contributed by atoms with E-state index in [1.807, 2.05) is 30.5 Å². The molecule has 0 aliphatic heterocycles. The summed E-state index contributed by atoms with van der Waals surface area (Å²) in [5.41, 5.74) is 0.700. The second kappa shape index (κ2) is 6.96. The Bertz CT molecular complexity index is 436. The molecule has 1 aliphatic rings. The van der Waals surface area contributed by atoms with Crippen molar-refractivity contribution in [3.8, 4) is 0 Å². The first-order valence-electron chi connectivity index (χ1n) is 6.84. The molecule has 1 aromatic carbocycles. The summed E-state index contributed by atoms with van der Waals surface area (Å²) in [5, 5.41) is 13.0. The summed E-state index contributed by atoms with van der Waals surface area (Å²) < 4.78 is 0. The minimum atomic E-state index is -0.409. The van der Waals surface area contributed by atoms with E-state index in [9.17, 15) is 9.90 Å². The highest BCUT2D eigenvalue weighted by Crippen LogP contribution is 2.22. The third-order valence-electron chi connectivity index (χ3n) is 3.65. The van der Waals surface area contributed by atoms with Gasteiger partial charge in [0.25, 0.3) is 5.91 Å². The molecule has 19 heavy (non-hydrogen) atoms. The molecule has 0 heterocycles. The van der Waals surface area contributed by atoms with Crippen molar-refractivity contribution in [2.75, 3.05) is 6.26 Å². The molecule has 3 nitrogen and oxygen atoms in total. The largest absolute Gasteiger partial charge is 0.391 e. The van der Waals surface area contributed by atoms with Gasteiger partial charge in [-0.1, -0.05) is 31.4 Å². The maximum absolute atomic E-state index is 12.3. The number of hydrogen-bond donors (Lipinski definition) is 2. The average molecular weight is 279 g/mol. The fourth-order valence-electron chi connectivity index (χ4n) is 2.53. The van der Waals surface area contributed by atoms with Crippen molar-refractivity contribution >= 4 is 17.7 Å². The van der Waals surface area contributed by atoms with Crippen molar-refractivity contribution < 1.29 is 9.90 Å². The first-order valence-corrected chi connectivity index (χ1v) is 8.07. The summed E-state index contributed by atoms with van der Waals surface area (Å²) in [6.45, 7) is 0. The SMILES string of the molecule is CSc1ccccc1C(=O)NC1CCCCCC1O. The van der Waals surface area contributed by atoms with Gasteiger partial charge >= 0.3 is 0 Å². The van der Waals surface area contributed by atoms with Crippen LogP contribution in [0.3, 0.4) is 0 Å². The number of nitrogens with one attached hydrogen (secondary N) is 1. The fraction of sp³-hybridized carbons (Fsp3) is 0.533. The molecule has 0 saturated heterocycles. The minimum Gasteiger partial charge on any atom is -0.391 e. The monoisotopic (exact) mass is 279 g/mol. The lowest BCUT2D eigenvalue weighted by molar-refractivity contribution is 0.0816. The molecule has 1 saturated carbocycles. The van der Waals surface area contributed by atoms with Crippen LogP contribution in [0.1, 0.15) is 42.5 Å². The predicted octanol–water partition coefficient (Wildman–Crippen LogP) is 2.83. The number of thioether (sulfide) groups is 1. The normalized spacial score (nSPS) is 23.7. The van der Waals surface area contributed by atoms with E-state index in [0.717, 1.165) is 37.0 Å². The zero-order valence-corrected chi connectivity index (χ0v) is 12.1. The molecule has 104 valence electrons.